The summed E-state index contributed by atoms with van der Waals surface area (Å²) in [6.45, 7) is 6.27. The minimum atomic E-state index is -0.163. The lowest BCUT2D eigenvalue weighted by Gasteiger charge is -2.09. The molecule has 2 heterocycles. The van der Waals surface area contributed by atoms with Gasteiger partial charge in [0.1, 0.15) is 0 Å². The average molecular weight is 400 g/mol. The summed E-state index contributed by atoms with van der Waals surface area (Å²) in [5, 5.41) is 12.5. The number of amides is 1. The van der Waals surface area contributed by atoms with Crippen LogP contribution in [0.3, 0.4) is 0 Å². The lowest BCUT2D eigenvalue weighted by Crippen LogP contribution is -2.15. The molecule has 2 aromatic heterocycles. The maximum atomic E-state index is 12.3. The zero-order valence-electron chi connectivity index (χ0n) is 14.7. The van der Waals surface area contributed by atoms with Gasteiger partial charge in [-0.05, 0) is 36.8 Å². The fraction of sp³-hybridized carbons (Fsp3) is 0.158. The van der Waals surface area contributed by atoms with Gasteiger partial charge < -0.3 is 5.32 Å². The highest BCUT2D eigenvalue weighted by molar-refractivity contribution is 7.99. The number of carbonyl (C=O) groups is 1. The molecular formula is C19H18ClN5OS. The van der Waals surface area contributed by atoms with E-state index in [-0.39, 0.29) is 11.7 Å². The largest absolute Gasteiger partial charge is 0.324 e. The van der Waals surface area contributed by atoms with Gasteiger partial charge in [0.05, 0.1) is 16.5 Å². The summed E-state index contributed by atoms with van der Waals surface area (Å²) in [6, 6.07) is 9.23. The molecule has 0 bridgehead atoms. The minimum Gasteiger partial charge on any atom is -0.324 e. The van der Waals surface area contributed by atoms with Crippen molar-refractivity contribution in [2.75, 3.05) is 11.1 Å². The SMILES string of the molecule is C=CCn1c(SCC(=O)Nc2ccc(C)cc2Cl)nnc1-c1ccncc1. The quantitative estimate of drug-likeness (QED) is 0.475. The molecule has 3 aromatic rings. The molecule has 0 saturated heterocycles. The van der Waals surface area contributed by atoms with Crippen LogP contribution < -0.4 is 5.32 Å². The van der Waals surface area contributed by atoms with Crippen LogP contribution in [-0.4, -0.2) is 31.4 Å². The van der Waals surface area contributed by atoms with Crippen LogP contribution in [0.5, 0.6) is 0 Å². The molecule has 0 aliphatic carbocycles. The predicted molar refractivity (Wildman–Crippen MR) is 109 cm³/mol. The van der Waals surface area contributed by atoms with Gasteiger partial charge in [0, 0.05) is 24.5 Å². The molecule has 0 aliphatic rings. The zero-order valence-corrected chi connectivity index (χ0v) is 16.3. The fourth-order valence-electron chi connectivity index (χ4n) is 2.44. The normalized spacial score (nSPS) is 10.6. The summed E-state index contributed by atoms with van der Waals surface area (Å²) in [5.74, 6) is 0.738. The smallest absolute Gasteiger partial charge is 0.234 e. The first-order valence-electron chi connectivity index (χ1n) is 8.22. The second-order valence-corrected chi connectivity index (χ2v) is 7.11. The summed E-state index contributed by atoms with van der Waals surface area (Å²) in [5.41, 5.74) is 2.54. The molecule has 0 spiro atoms. The van der Waals surface area contributed by atoms with Gasteiger partial charge in [-0.25, -0.2) is 0 Å². The van der Waals surface area contributed by atoms with Crippen molar-refractivity contribution in [2.45, 2.75) is 18.6 Å². The van der Waals surface area contributed by atoms with Gasteiger partial charge in [-0.3, -0.25) is 14.3 Å². The van der Waals surface area contributed by atoms with Gasteiger partial charge in [0.2, 0.25) is 5.91 Å². The summed E-state index contributed by atoms with van der Waals surface area (Å²) in [6.07, 6.45) is 5.17. The van der Waals surface area contributed by atoms with Gasteiger partial charge in [0.25, 0.3) is 0 Å². The fourth-order valence-corrected chi connectivity index (χ4v) is 3.47. The highest BCUT2D eigenvalue weighted by Gasteiger charge is 2.15. The molecule has 3 rings (SSSR count). The number of aryl methyl sites for hydroxylation is 1. The average Bonchev–Trinajstić information content (AvgIpc) is 3.06. The van der Waals surface area contributed by atoms with E-state index in [2.05, 4.69) is 27.1 Å². The Kier molecular flexibility index (Phi) is 6.26. The first-order valence-corrected chi connectivity index (χ1v) is 9.58. The highest BCUT2D eigenvalue weighted by atomic mass is 35.5. The third-order valence-corrected chi connectivity index (χ3v) is 4.98. The Balaban J connectivity index is 1.71. The number of nitrogens with one attached hydrogen (secondary N) is 1. The molecule has 1 aromatic carbocycles. The Bertz CT molecular complexity index is 958. The van der Waals surface area contributed by atoms with Crippen molar-refractivity contribution in [2.24, 2.45) is 0 Å². The van der Waals surface area contributed by atoms with Crippen molar-refractivity contribution in [3.8, 4) is 11.4 Å². The summed E-state index contributed by atoms with van der Waals surface area (Å²) < 4.78 is 1.92. The van der Waals surface area contributed by atoms with E-state index in [9.17, 15) is 4.79 Å². The van der Waals surface area contributed by atoms with Crippen molar-refractivity contribution in [3.63, 3.8) is 0 Å². The molecule has 0 aliphatic heterocycles. The van der Waals surface area contributed by atoms with Crippen LogP contribution in [0.4, 0.5) is 5.69 Å². The standard InChI is InChI=1S/C19H18ClN5OS/c1-3-10-25-18(14-6-8-21-9-7-14)23-24-19(25)27-12-17(26)22-16-5-4-13(2)11-15(16)20/h3-9,11H,1,10,12H2,2H3,(H,22,26). The van der Waals surface area contributed by atoms with Crippen LogP contribution in [0, 0.1) is 6.92 Å². The van der Waals surface area contributed by atoms with E-state index in [1.54, 1.807) is 24.5 Å². The Hall–Kier alpha value is -2.64. The Morgan fingerprint density at radius 1 is 1.30 bits per heavy atom. The number of allylic oxidation sites excluding steroid dienone is 1. The van der Waals surface area contributed by atoms with Crippen LogP contribution >= 0.6 is 23.4 Å². The molecular weight excluding hydrogens is 382 g/mol. The molecule has 1 amide bonds. The molecule has 6 nitrogen and oxygen atoms in total. The number of anilines is 1. The van der Waals surface area contributed by atoms with Gasteiger partial charge in [-0.1, -0.05) is 35.5 Å². The number of nitrogens with zero attached hydrogens (tertiary/aromatic N) is 4. The number of benzene rings is 1. The number of hydrogen-bond acceptors (Lipinski definition) is 5. The zero-order chi connectivity index (χ0) is 19.2. The summed E-state index contributed by atoms with van der Waals surface area (Å²) in [7, 11) is 0. The molecule has 0 atom stereocenters. The maximum absolute atomic E-state index is 12.3. The van der Waals surface area contributed by atoms with Crippen molar-refractivity contribution in [3.05, 3.63) is 66.0 Å². The van der Waals surface area contributed by atoms with Gasteiger partial charge in [0.15, 0.2) is 11.0 Å². The van der Waals surface area contributed by atoms with E-state index in [0.717, 1.165) is 11.1 Å². The molecule has 27 heavy (non-hydrogen) atoms. The van der Waals surface area contributed by atoms with E-state index >= 15 is 0 Å². The first-order chi connectivity index (χ1) is 13.1. The number of pyridine rings is 1. The number of aromatic nitrogens is 4. The van der Waals surface area contributed by atoms with Crippen LogP contribution in [0.1, 0.15) is 5.56 Å². The monoisotopic (exact) mass is 399 g/mol. The lowest BCUT2D eigenvalue weighted by atomic mass is 10.2. The van der Waals surface area contributed by atoms with Crippen molar-refractivity contribution in [1.82, 2.24) is 19.7 Å². The molecule has 0 unspecified atom stereocenters. The minimum absolute atomic E-state index is 0.163. The Labute approximate surface area is 166 Å². The van der Waals surface area contributed by atoms with Crippen LogP contribution in [0.25, 0.3) is 11.4 Å². The predicted octanol–water partition coefficient (Wildman–Crippen LogP) is 4.22. The highest BCUT2D eigenvalue weighted by Crippen LogP contribution is 2.25. The van der Waals surface area contributed by atoms with E-state index in [0.29, 0.717) is 28.2 Å². The maximum Gasteiger partial charge on any atom is 0.234 e. The van der Waals surface area contributed by atoms with Crippen molar-refractivity contribution >= 4 is 35.0 Å². The number of halogens is 1. The van der Waals surface area contributed by atoms with Gasteiger partial charge >= 0.3 is 0 Å². The van der Waals surface area contributed by atoms with Crippen LogP contribution in [-0.2, 0) is 11.3 Å². The summed E-state index contributed by atoms with van der Waals surface area (Å²) >= 11 is 7.47. The summed E-state index contributed by atoms with van der Waals surface area (Å²) in [4.78, 5) is 16.3. The third kappa shape index (κ3) is 4.75. The Morgan fingerprint density at radius 3 is 2.78 bits per heavy atom. The number of thioether (sulfide) groups is 1. The van der Waals surface area contributed by atoms with Crippen LogP contribution in [0.15, 0.2) is 60.5 Å². The molecule has 138 valence electrons. The van der Waals surface area contributed by atoms with Crippen molar-refractivity contribution in [1.29, 1.82) is 0 Å². The van der Waals surface area contributed by atoms with Gasteiger partial charge in [-0.2, -0.15) is 0 Å². The van der Waals surface area contributed by atoms with Crippen molar-refractivity contribution < 1.29 is 4.79 Å². The number of rotatable bonds is 7. The first kappa shape index (κ1) is 19.1. The lowest BCUT2D eigenvalue weighted by molar-refractivity contribution is -0.113. The molecule has 0 fully saturated rings. The van der Waals surface area contributed by atoms with E-state index in [1.807, 2.05) is 35.8 Å². The molecule has 0 radical (unpaired) electrons. The third-order valence-electron chi connectivity index (χ3n) is 3.70. The second kappa shape index (κ2) is 8.83. The second-order valence-electron chi connectivity index (χ2n) is 5.76. The molecule has 0 saturated carbocycles. The molecule has 1 N–H and O–H groups in total. The Morgan fingerprint density at radius 2 is 2.07 bits per heavy atom. The molecule has 8 heteroatoms. The van der Waals surface area contributed by atoms with E-state index in [1.165, 1.54) is 11.8 Å². The van der Waals surface area contributed by atoms with Crippen LogP contribution in [0.2, 0.25) is 5.02 Å². The topological polar surface area (TPSA) is 72.7 Å². The van der Waals surface area contributed by atoms with E-state index in [4.69, 9.17) is 11.6 Å². The van der Waals surface area contributed by atoms with Gasteiger partial charge in [-0.15, -0.1) is 16.8 Å². The number of carbonyl (C=O) groups excluding carboxylic acids is 1. The van der Waals surface area contributed by atoms with E-state index < -0.39 is 0 Å². The number of hydrogen-bond donors (Lipinski definition) is 1.